The largest absolute Gasteiger partial charge is 0.356 e. The molecule has 1 amide bonds. The number of rotatable bonds is 7. The Hall–Kier alpha value is -1.60. The van der Waals surface area contributed by atoms with E-state index in [0.717, 1.165) is 16.1 Å². The number of carbonyl (C=O) groups is 1. The monoisotopic (exact) mass is 337 g/mol. The Morgan fingerprint density at radius 3 is 2.95 bits per heavy atom. The van der Waals surface area contributed by atoms with E-state index >= 15 is 0 Å². The Morgan fingerprint density at radius 2 is 2.32 bits per heavy atom. The molecule has 7 heteroatoms. The third kappa shape index (κ3) is 3.59. The van der Waals surface area contributed by atoms with Gasteiger partial charge in [0.2, 0.25) is 5.91 Å². The Morgan fingerprint density at radius 1 is 1.55 bits per heavy atom. The van der Waals surface area contributed by atoms with Crippen LogP contribution in [0.15, 0.2) is 28.7 Å². The summed E-state index contributed by atoms with van der Waals surface area (Å²) in [5.41, 5.74) is -0.0701. The minimum absolute atomic E-state index is 0.0626. The molecule has 0 atom stereocenters. The van der Waals surface area contributed by atoms with Crippen LogP contribution in [-0.2, 0) is 17.8 Å². The van der Waals surface area contributed by atoms with Gasteiger partial charge in [-0.1, -0.05) is 24.8 Å². The second-order valence-corrected chi connectivity index (χ2v) is 6.68. The van der Waals surface area contributed by atoms with Gasteiger partial charge in [0.05, 0.1) is 11.1 Å². The van der Waals surface area contributed by atoms with Crippen molar-refractivity contribution < 1.29 is 4.79 Å². The Kier molecular flexibility index (Phi) is 5.79. The van der Waals surface area contributed by atoms with Crippen molar-refractivity contribution in [1.82, 2.24) is 14.9 Å². The number of hydrogen-bond donors (Lipinski definition) is 1. The lowest BCUT2D eigenvalue weighted by Gasteiger charge is -2.09. The summed E-state index contributed by atoms with van der Waals surface area (Å²) in [4.78, 5) is 30.7. The summed E-state index contributed by atoms with van der Waals surface area (Å²) in [6, 6.07) is 1.91. The number of thioether (sulfide) groups is 1. The van der Waals surface area contributed by atoms with Crippen molar-refractivity contribution in [2.45, 2.75) is 32.0 Å². The van der Waals surface area contributed by atoms with Crippen molar-refractivity contribution >= 4 is 39.2 Å². The van der Waals surface area contributed by atoms with Gasteiger partial charge < -0.3 is 5.32 Å². The summed E-state index contributed by atoms with van der Waals surface area (Å²) in [6.45, 7) is 8.60. The van der Waals surface area contributed by atoms with E-state index in [1.54, 1.807) is 10.6 Å². The van der Waals surface area contributed by atoms with Crippen molar-refractivity contribution in [2.24, 2.45) is 0 Å². The number of aromatic nitrogens is 2. The Bertz CT molecular complexity index is 749. The van der Waals surface area contributed by atoms with Gasteiger partial charge in [0, 0.05) is 18.0 Å². The summed E-state index contributed by atoms with van der Waals surface area (Å²) >= 11 is 2.81. The fourth-order valence-electron chi connectivity index (χ4n) is 2.00. The zero-order chi connectivity index (χ0) is 16.1. The van der Waals surface area contributed by atoms with Crippen LogP contribution in [0.5, 0.6) is 0 Å². The number of amides is 1. The highest BCUT2D eigenvalue weighted by Gasteiger charge is 2.14. The summed E-state index contributed by atoms with van der Waals surface area (Å²) in [6.07, 6.45) is 2.54. The molecule has 1 N–H and O–H groups in total. The molecule has 22 heavy (non-hydrogen) atoms. The number of aryl methyl sites for hydroxylation is 1. The van der Waals surface area contributed by atoms with Crippen LogP contribution in [0.2, 0.25) is 0 Å². The number of allylic oxidation sites excluding steroid dienone is 1. The predicted molar refractivity (Wildman–Crippen MR) is 92.9 cm³/mol. The molecule has 0 aliphatic heterocycles. The number of nitrogens with one attached hydrogen (secondary N) is 1. The molecular weight excluding hydrogens is 318 g/mol. The molecule has 0 spiro atoms. The van der Waals surface area contributed by atoms with Crippen LogP contribution >= 0.6 is 23.1 Å². The molecule has 2 rings (SSSR count). The van der Waals surface area contributed by atoms with Gasteiger partial charge in [-0.05, 0) is 19.4 Å². The fraction of sp³-hybridized carbons (Fsp3) is 0.400. The number of hydrogen-bond acceptors (Lipinski definition) is 5. The summed E-state index contributed by atoms with van der Waals surface area (Å²) < 4.78 is 1.57. The van der Waals surface area contributed by atoms with Crippen molar-refractivity contribution in [2.75, 3.05) is 12.3 Å². The lowest BCUT2D eigenvalue weighted by molar-refractivity contribution is -0.118. The molecule has 0 bridgehead atoms. The smallest absolute Gasteiger partial charge is 0.263 e. The topological polar surface area (TPSA) is 64.0 Å². The first-order valence-electron chi connectivity index (χ1n) is 7.14. The van der Waals surface area contributed by atoms with E-state index in [-0.39, 0.29) is 17.2 Å². The van der Waals surface area contributed by atoms with E-state index in [1.165, 1.54) is 23.1 Å². The van der Waals surface area contributed by atoms with Crippen molar-refractivity contribution in [3.05, 3.63) is 34.0 Å². The van der Waals surface area contributed by atoms with Crippen molar-refractivity contribution in [1.29, 1.82) is 0 Å². The van der Waals surface area contributed by atoms with Gasteiger partial charge in [-0.25, -0.2) is 4.98 Å². The highest BCUT2D eigenvalue weighted by Crippen LogP contribution is 2.25. The third-order valence-corrected chi connectivity index (χ3v) is 5.18. The number of carbonyl (C=O) groups excluding carboxylic acids is 1. The third-order valence-electron chi connectivity index (χ3n) is 3.03. The number of nitrogens with zero attached hydrogens (tertiary/aromatic N) is 2. The fourth-order valence-corrected chi connectivity index (χ4v) is 3.85. The van der Waals surface area contributed by atoms with Crippen molar-refractivity contribution in [3.63, 3.8) is 0 Å². The summed E-state index contributed by atoms with van der Waals surface area (Å²) in [5.74, 6) is 0.182. The quantitative estimate of drug-likeness (QED) is 0.479. The van der Waals surface area contributed by atoms with Gasteiger partial charge in [-0.15, -0.1) is 17.9 Å². The Labute approximate surface area is 137 Å². The summed E-state index contributed by atoms with van der Waals surface area (Å²) in [5, 5.41) is 3.95. The molecule has 0 fully saturated rings. The lowest BCUT2D eigenvalue weighted by atomic mass is 10.3. The van der Waals surface area contributed by atoms with Crippen LogP contribution in [0.1, 0.15) is 18.7 Å². The minimum atomic E-state index is -0.0701. The highest BCUT2D eigenvalue weighted by molar-refractivity contribution is 7.99. The van der Waals surface area contributed by atoms with Crippen molar-refractivity contribution in [3.8, 4) is 0 Å². The maximum absolute atomic E-state index is 12.6. The molecule has 0 aliphatic carbocycles. The maximum atomic E-state index is 12.6. The Balaban J connectivity index is 2.42. The van der Waals surface area contributed by atoms with Gasteiger partial charge in [0.1, 0.15) is 4.83 Å². The molecule has 2 aromatic heterocycles. The number of fused-ring (bicyclic) bond motifs is 1. The normalized spacial score (nSPS) is 10.8. The summed E-state index contributed by atoms with van der Waals surface area (Å²) in [7, 11) is 0. The van der Waals surface area contributed by atoms with E-state index in [2.05, 4.69) is 23.8 Å². The predicted octanol–water partition coefficient (Wildman–Crippen LogP) is 2.43. The van der Waals surface area contributed by atoms with Crippen LogP contribution in [0.25, 0.3) is 10.2 Å². The molecule has 0 saturated heterocycles. The van der Waals surface area contributed by atoms with Crippen LogP contribution in [0, 0.1) is 0 Å². The average molecular weight is 337 g/mol. The first-order chi connectivity index (χ1) is 10.6. The molecule has 0 unspecified atom stereocenters. The van der Waals surface area contributed by atoms with Crippen LogP contribution in [0.3, 0.4) is 0 Å². The van der Waals surface area contributed by atoms with E-state index in [9.17, 15) is 9.59 Å². The first-order valence-corrected chi connectivity index (χ1v) is 8.94. The molecule has 0 aliphatic rings. The van der Waals surface area contributed by atoms with E-state index in [4.69, 9.17) is 0 Å². The lowest BCUT2D eigenvalue weighted by Crippen LogP contribution is -2.26. The molecule has 2 aromatic rings. The molecule has 0 saturated carbocycles. The SMILES string of the molecule is C=CCn1c(SCC(=O)NCC)nc2sc(CC)cc2c1=O. The van der Waals surface area contributed by atoms with Gasteiger partial charge in [-0.2, -0.15) is 0 Å². The second kappa shape index (κ2) is 7.60. The number of thiophene rings is 1. The molecule has 0 aromatic carbocycles. The maximum Gasteiger partial charge on any atom is 0.263 e. The highest BCUT2D eigenvalue weighted by atomic mass is 32.2. The van der Waals surface area contributed by atoms with Gasteiger partial charge >= 0.3 is 0 Å². The van der Waals surface area contributed by atoms with Gasteiger partial charge in [0.15, 0.2) is 5.16 Å². The average Bonchev–Trinajstić information content (AvgIpc) is 2.92. The van der Waals surface area contributed by atoms with Crippen LogP contribution < -0.4 is 10.9 Å². The van der Waals surface area contributed by atoms with Gasteiger partial charge in [-0.3, -0.25) is 14.2 Å². The minimum Gasteiger partial charge on any atom is -0.356 e. The molecule has 2 heterocycles. The van der Waals surface area contributed by atoms with E-state index in [0.29, 0.717) is 23.6 Å². The zero-order valence-corrected chi connectivity index (χ0v) is 14.4. The zero-order valence-electron chi connectivity index (χ0n) is 12.7. The second-order valence-electron chi connectivity index (χ2n) is 4.63. The molecule has 0 radical (unpaired) electrons. The molecule has 5 nitrogen and oxygen atoms in total. The van der Waals surface area contributed by atoms with E-state index in [1.807, 2.05) is 13.0 Å². The van der Waals surface area contributed by atoms with Crippen LogP contribution in [0.4, 0.5) is 0 Å². The molecular formula is C15H19N3O2S2. The standard InChI is InChI=1S/C15H19N3O2S2/c1-4-7-18-14(20)11-8-10(5-2)22-13(11)17-15(18)21-9-12(19)16-6-3/h4,8H,1,5-7,9H2,2-3H3,(H,16,19). The van der Waals surface area contributed by atoms with Crippen LogP contribution in [-0.4, -0.2) is 27.8 Å². The van der Waals surface area contributed by atoms with Gasteiger partial charge in [0.25, 0.3) is 5.56 Å². The van der Waals surface area contributed by atoms with E-state index < -0.39 is 0 Å². The molecule has 118 valence electrons. The first kappa shape index (κ1) is 16.8.